The first kappa shape index (κ1) is 20.5. The molecule has 2 aromatic carbocycles. The Morgan fingerprint density at radius 3 is 2.12 bits per heavy atom. The maximum Gasteiger partial charge on any atom is 0.255 e. The van der Waals surface area contributed by atoms with Crippen LogP contribution in [0.15, 0.2) is 29.2 Å². The second-order valence-electron chi connectivity index (χ2n) is 6.01. The van der Waals surface area contributed by atoms with Crippen molar-refractivity contribution in [2.45, 2.75) is 18.7 Å². The highest BCUT2D eigenvalue weighted by Gasteiger charge is 2.23. The number of anilines is 2. The second kappa shape index (κ2) is 7.44. The molecular weight excluding hydrogens is 397 g/mol. The Bertz CT molecular complexity index is 966. The SMILES string of the molecule is Cc1cc(C(=O)Nc2cc(Cl)c(N)c(Cl)c2)cc(S(=O)(=O)N(C)C)c1C. The van der Waals surface area contributed by atoms with Crippen LogP contribution in [0.1, 0.15) is 21.5 Å². The van der Waals surface area contributed by atoms with Crippen LogP contribution >= 0.6 is 23.2 Å². The number of nitrogens with one attached hydrogen (secondary N) is 1. The summed E-state index contributed by atoms with van der Waals surface area (Å²) in [7, 11) is -0.804. The Morgan fingerprint density at radius 2 is 1.62 bits per heavy atom. The number of sulfonamides is 1. The summed E-state index contributed by atoms with van der Waals surface area (Å²) in [6, 6.07) is 5.92. The number of halogens is 2. The molecule has 0 spiro atoms. The van der Waals surface area contributed by atoms with Crippen LogP contribution in [0.2, 0.25) is 10.0 Å². The number of hydrogen-bond acceptors (Lipinski definition) is 4. The molecule has 6 nitrogen and oxygen atoms in total. The van der Waals surface area contributed by atoms with Gasteiger partial charge in [-0.3, -0.25) is 4.79 Å². The number of aryl methyl sites for hydroxylation is 1. The van der Waals surface area contributed by atoms with Gasteiger partial charge in [-0.2, -0.15) is 0 Å². The molecule has 0 unspecified atom stereocenters. The van der Waals surface area contributed by atoms with Gasteiger partial charge >= 0.3 is 0 Å². The van der Waals surface area contributed by atoms with E-state index in [0.29, 0.717) is 16.8 Å². The summed E-state index contributed by atoms with van der Waals surface area (Å²) in [5.41, 5.74) is 7.74. The van der Waals surface area contributed by atoms with Crippen molar-refractivity contribution in [2.75, 3.05) is 25.1 Å². The highest BCUT2D eigenvalue weighted by atomic mass is 35.5. The van der Waals surface area contributed by atoms with Crippen LogP contribution in [0.25, 0.3) is 0 Å². The normalized spacial score (nSPS) is 11.7. The average molecular weight is 416 g/mol. The largest absolute Gasteiger partial charge is 0.396 e. The molecule has 0 saturated heterocycles. The smallest absolute Gasteiger partial charge is 0.255 e. The quantitative estimate of drug-likeness (QED) is 0.744. The third-order valence-electron chi connectivity index (χ3n) is 3.98. The highest BCUT2D eigenvalue weighted by molar-refractivity contribution is 7.89. The van der Waals surface area contributed by atoms with Crippen LogP contribution in [0.3, 0.4) is 0 Å². The number of amides is 1. The van der Waals surface area contributed by atoms with E-state index in [1.54, 1.807) is 19.9 Å². The Morgan fingerprint density at radius 1 is 1.08 bits per heavy atom. The molecule has 2 rings (SSSR count). The van der Waals surface area contributed by atoms with Gasteiger partial charge in [0.15, 0.2) is 0 Å². The zero-order valence-corrected chi connectivity index (χ0v) is 17.1. The molecular formula is C17H19Cl2N3O3S. The van der Waals surface area contributed by atoms with Crippen molar-refractivity contribution in [1.82, 2.24) is 4.31 Å². The molecule has 140 valence electrons. The predicted molar refractivity (Wildman–Crippen MR) is 106 cm³/mol. The fourth-order valence-corrected chi connectivity index (χ4v) is 3.99. The second-order valence-corrected chi connectivity index (χ2v) is 8.95. The van der Waals surface area contributed by atoms with Gasteiger partial charge < -0.3 is 11.1 Å². The number of nitrogens with zero attached hydrogens (tertiary/aromatic N) is 1. The molecule has 0 fully saturated rings. The monoisotopic (exact) mass is 415 g/mol. The van der Waals surface area contributed by atoms with E-state index >= 15 is 0 Å². The Kier molecular flexibility index (Phi) is 5.87. The summed E-state index contributed by atoms with van der Waals surface area (Å²) in [5.74, 6) is -0.486. The summed E-state index contributed by atoms with van der Waals surface area (Å²) in [4.78, 5) is 12.7. The lowest BCUT2D eigenvalue weighted by atomic mass is 10.1. The van der Waals surface area contributed by atoms with Crippen molar-refractivity contribution >= 4 is 50.5 Å². The average Bonchev–Trinajstić information content (AvgIpc) is 2.54. The predicted octanol–water partition coefficient (Wildman–Crippen LogP) is 3.70. The molecule has 0 aliphatic rings. The maximum atomic E-state index is 12.6. The van der Waals surface area contributed by atoms with Gasteiger partial charge in [0.2, 0.25) is 10.0 Å². The summed E-state index contributed by atoms with van der Waals surface area (Å²) in [6.45, 7) is 3.45. The zero-order chi connectivity index (χ0) is 19.8. The van der Waals surface area contributed by atoms with Crippen molar-refractivity contribution in [3.8, 4) is 0 Å². The minimum Gasteiger partial charge on any atom is -0.396 e. The van der Waals surface area contributed by atoms with Crippen molar-refractivity contribution in [3.63, 3.8) is 0 Å². The van der Waals surface area contributed by atoms with Crippen molar-refractivity contribution in [1.29, 1.82) is 0 Å². The minimum atomic E-state index is -3.68. The van der Waals surface area contributed by atoms with Crippen LogP contribution < -0.4 is 11.1 Å². The third-order valence-corrected chi connectivity index (χ3v) is 6.54. The van der Waals surface area contributed by atoms with Crippen molar-refractivity contribution in [2.24, 2.45) is 0 Å². The van der Waals surface area contributed by atoms with Gasteiger partial charge in [-0.05, 0) is 49.2 Å². The molecule has 1 amide bonds. The van der Waals surface area contributed by atoms with Gasteiger partial charge in [0.05, 0.1) is 20.6 Å². The first-order chi connectivity index (χ1) is 11.9. The number of carbonyl (C=O) groups excluding carboxylic acids is 1. The topological polar surface area (TPSA) is 92.5 Å². The number of nitrogen functional groups attached to an aromatic ring is 1. The van der Waals surface area contributed by atoms with Gasteiger partial charge in [0.1, 0.15) is 0 Å². The summed E-state index contributed by atoms with van der Waals surface area (Å²) >= 11 is 11.9. The molecule has 26 heavy (non-hydrogen) atoms. The van der Waals surface area contributed by atoms with Gasteiger partial charge in [-0.25, -0.2) is 12.7 Å². The van der Waals surface area contributed by atoms with Crippen molar-refractivity contribution in [3.05, 3.63) is 51.0 Å². The van der Waals surface area contributed by atoms with E-state index in [4.69, 9.17) is 28.9 Å². The van der Waals surface area contributed by atoms with Gasteiger partial charge in [0, 0.05) is 25.3 Å². The highest BCUT2D eigenvalue weighted by Crippen LogP contribution is 2.31. The molecule has 9 heteroatoms. The Hall–Kier alpha value is -1.80. The van der Waals surface area contributed by atoms with E-state index in [2.05, 4.69) is 5.32 Å². The lowest BCUT2D eigenvalue weighted by Crippen LogP contribution is -2.24. The number of rotatable bonds is 4. The molecule has 2 aromatic rings. The first-order valence-corrected chi connectivity index (χ1v) is 9.74. The Balaban J connectivity index is 2.46. The molecule has 0 aliphatic carbocycles. The number of nitrogens with two attached hydrogens (primary N) is 1. The lowest BCUT2D eigenvalue weighted by molar-refractivity contribution is 0.102. The van der Waals surface area contributed by atoms with Crippen LogP contribution in [0.4, 0.5) is 11.4 Å². The molecule has 0 heterocycles. The number of benzene rings is 2. The standard InChI is InChI=1S/C17H19Cl2N3O3S/c1-9-5-11(6-15(10(9)2)26(24,25)22(3)4)17(23)21-12-7-13(18)16(20)14(19)8-12/h5-8H,20H2,1-4H3,(H,21,23). The molecule has 0 atom stereocenters. The zero-order valence-electron chi connectivity index (χ0n) is 14.7. The summed E-state index contributed by atoms with van der Waals surface area (Å²) < 4.78 is 26.1. The van der Waals surface area contributed by atoms with Crippen molar-refractivity contribution < 1.29 is 13.2 Å². The summed E-state index contributed by atoms with van der Waals surface area (Å²) in [5, 5.41) is 3.07. The van der Waals surface area contributed by atoms with Crippen LogP contribution in [0.5, 0.6) is 0 Å². The van der Waals surface area contributed by atoms with E-state index in [1.165, 1.54) is 32.3 Å². The number of carbonyl (C=O) groups is 1. The van der Waals surface area contributed by atoms with E-state index in [0.717, 1.165) is 4.31 Å². The van der Waals surface area contributed by atoms with Gasteiger partial charge in [-0.15, -0.1) is 0 Å². The van der Waals surface area contributed by atoms with E-state index in [1.807, 2.05) is 0 Å². The third kappa shape index (κ3) is 3.96. The van der Waals surface area contributed by atoms with E-state index in [9.17, 15) is 13.2 Å². The molecule has 0 saturated carbocycles. The first-order valence-electron chi connectivity index (χ1n) is 7.54. The number of hydrogen-bond donors (Lipinski definition) is 2. The minimum absolute atomic E-state index is 0.0843. The molecule has 0 radical (unpaired) electrons. The van der Waals surface area contributed by atoms with Crippen LogP contribution in [-0.4, -0.2) is 32.7 Å². The van der Waals surface area contributed by atoms with E-state index in [-0.39, 0.29) is 26.2 Å². The fraction of sp³-hybridized carbons (Fsp3) is 0.235. The van der Waals surface area contributed by atoms with Gasteiger partial charge in [-0.1, -0.05) is 23.2 Å². The fourth-order valence-electron chi connectivity index (χ4n) is 2.28. The molecule has 0 aromatic heterocycles. The molecule has 0 bridgehead atoms. The molecule has 3 N–H and O–H groups in total. The van der Waals surface area contributed by atoms with E-state index < -0.39 is 15.9 Å². The van der Waals surface area contributed by atoms with Gasteiger partial charge in [0.25, 0.3) is 5.91 Å². The Labute approximate surface area is 162 Å². The molecule has 0 aliphatic heterocycles. The van der Waals surface area contributed by atoms with Crippen LogP contribution in [-0.2, 0) is 10.0 Å². The van der Waals surface area contributed by atoms with Crippen LogP contribution in [0, 0.1) is 13.8 Å². The summed E-state index contributed by atoms with van der Waals surface area (Å²) in [6.07, 6.45) is 0. The lowest BCUT2D eigenvalue weighted by Gasteiger charge is -2.16. The maximum absolute atomic E-state index is 12.6.